The summed E-state index contributed by atoms with van der Waals surface area (Å²) in [7, 11) is 0. The number of anilines is 1. The number of amides is 1. The summed E-state index contributed by atoms with van der Waals surface area (Å²) in [6, 6.07) is 22.8. The lowest BCUT2D eigenvalue weighted by Crippen LogP contribution is -2.27. The van der Waals surface area contributed by atoms with Crippen LogP contribution in [0.25, 0.3) is 27.6 Å². The first-order valence-corrected chi connectivity index (χ1v) is 10.0. The van der Waals surface area contributed by atoms with Crippen molar-refractivity contribution in [1.29, 1.82) is 0 Å². The molecule has 0 radical (unpaired) electrons. The average molecular weight is 407 g/mol. The van der Waals surface area contributed by atoms with E-state index in [4.69, 9.17) is 5.10 Å². The van der Waals surface area contributed by atoms with Crippen LogP contribution >= 0.6 is 0 Å². The maximum Gasteiger partial charge on any atom is 0.252 e. The van der Waals surface area contributed by atoms with Gasteiger partial charge in [0.05, 0.1) is 5.69 Å². The van der Waals surface area contributed by atoms with Crippen LogP contribution in [0.5, 0.6) is 0 Å². The van der Waals surface area contributed by atoms with Crippen LogP contribution in [0.15, 0.2) is 77.6 Å². The van der Waals surface area contributed by atoms with Gasteiger partial charge in [-0.2, -0.15) is 4.80 Å². The number of aromatic amines is 1. The van der Waals surface area contributed by atoms with Crippen molar-refractivity contribution < 1.29 is 4.79 Å². The number of rotatable bonds is 2. The summed E-state index contributed by atoms with van der Waals surface area (Å²) in [5.74, 6) is -0.540. The van der Waals surface area contributed by atoms with Crippen molar-refractivity contribution in [2.45, 2.75) is 12.3 Å². The molecule has 0 spiro atoms. The minimum atomic E-state index is -0.415. The van der Waals surface area contributed by atoms with Gasteiger partial charge in [-0.1, -0.05) is 36.4 Å². The van der Waals surface area contributed by atoms with Gasteiger partial charge < -0.3 is 10.3 Å². The molecule has 0 saturated carbocycles. The second-order valence-corrected chi connectivity index (χ2v) is 7.67. The van der Waals surface area contributed by atoms with Crippen LogP contribution in [0.4, 0.5) is 5.69 Å². The Hall–Kier alpha value is -4.26. The topological polar surface area (TPSA) is 92.7 Å². The molecule has 1 aliphatic rings. The molecule has 0 bridgehead atoms. The van der Waals surface area contributed by atoms with E-state index in [2.05, 4.69) is 15.4 Å². The van der Waals surface area contributed by atoms with Gasteiger partial charge in [0.2, 0.25) is 5.91 Å². The maximum atomic E-state index is 13.0. The highest BCUT2D eigenvalue weighted by Crippen LogP contribution is 2.40. The predicted octanol–water partition coefficient (Wildman–Crippen LogP) is 3.74. The quantitative estimate of drug-likeness (QED) is 0.466. The van der Waals surface area contributed by atoms with E-state index in [0.717, 1.165) is 22.2 Å². The first kappa shape index (κ1) is 17.6. The highest BCUT2D eigenvalue weighted by Gasteiger charge is 2.31. The van der Waals surface area contributed by atoms with E-state index in [-0.39, 0.29) is 17.9 Å². The van der Waals surface area contributed by atoms with Crippen molar-refractivity contribution in [2.24, 2.45) is 0 Å². The molecular formula is C24H17N5O2. The highest BCUT2D eigenvalue weighted by atomic mass is 16.1. The number of benzene rings is 3. The van der Waals surface area contributed by atoms with Crippen molar-refractivity contribution in [3.63, 3.8) is 0 Å². The number of nitrogens with one attached hydrogen (secondary N) is 2. The Balaban J connectivity index is 1.60. The second kappa shape index (κ2) is 6.63. The summed E-state index contributed by atoms with van der Waals surface area (Å²) in [5, 5.41) is 13.2. The molecule has 31 heavy (non-hydrogen) atoms. The first-order chi connectivity index (χ1) is 15.2. The molecule has 1 atom stereocenters. The van der Waals surface area contributed by atoms with Gasteiger partial charge in [-0.15, -0.1) is 10.2 Å². The Bertz CT molecular complexity index is 1530. The SMILES string of the molecule is O=C1CC(c2cc3ccccc3[nH]c2=O)c2c(ccc3nn(-c4ccccc4)nc23)N1. The summed E-state index contributed by atoms with van der Waals surface area (Å²) in [6.45, 7) is 0. The summed E-state index contributed by atoms with van der Waals surface area (Å²) in [6.07, 6.45) is 0.172. The van der Waals surface area contributed by atoms with E-state index >= 15 is 0 Å². The fourth-order valence-corrected chi connectivity index (χ4v) is 4.32. The molecule has 1 unspecified atom stereocenters. The largest absolute Gasteiger partial charge is 0.326 e. The molecule has 3 aromatic carbocycles. The van der Waals surface area contributed by atoms with Gasteiger partial charge in [0.1, 0.15) is 11.0 Å². The van der Waals surface area contributed by atoms with Crippen LogP contribution in [0, 0.1) is 0 Å². The van der Waals surface area contributed by atoms with E-state index in [0.29, 0.717) is 22.3 Å². The molecule has 3 heterocycles. The molecule has 7 nitrogen and oxygen atoms in total. The number of hydrogen-bond donors (Lipinski definition) is 2. The van der Waals surface area contributed by atoms with E-state index in [9.17, 15) is 9.59 Å². The van der Waals surface area contributed by atoms with Gasteiger partial charge in [0, 0.05) is 34.7 Å². The summed E-state index contributed by atoms with van der Waals surface area (Å²) >= 11 is 0. The molecule has 5 aromatic rings. The van der Waals surface area contributed by atoms with Gasteiger partial charge in [-0.05, 0) is 41.8 Å². The van der Waals surface area contributed by atoms with Crippen LogP contribution in [0.2, 0.25) is 0 Å². The maximum absolute atomic E-state index is 13.0. The van der Waals surface area contributed by atoms with E-state index < -0.39 is 5.92 Å². The smallest absolute Gasteiger partial charge is 0.252 e. The monoisotopic (exact) mass is 407 g/mol. The number of nitrogens with zero attached hydrogens (tertiary/aromatic N) is 3. The number of H-pyrrole nitrogens is 1. The van der Waals surface area contributed by atoms with E-state index in [1.807, 2.05) is 72.8 Å². The minimum absolute atomic E-state index is 0.125. The Morgan fingerprint density at radius 1 is 0.903 bits per heavy atom. The zero-order chi connectivity index (χ0) is 20.9. The molecule has 1 amide bonds. The zero-order valence-electron chi connectivity index (χ0n) is 16.4. The summed E-state index contributed by atoms with van der Waals surface area (Å²) < 4.78 is 0. The van der Waals surface area contributed by atoms with E-state index in [1.165, 1.54) is 0 Å². The van der Waals surface area contributed by atoms with Gasteiger partial charge in [-0.25, -0.2) is 0 Å². The lowest BCUT2D eigenvalue weighted by Gasteiger charge is -2.25. The summed E-state index contributed by atoms with van der Waals surface area (Å²) in [5.41, 5.74) is 4.84. The van der Waals surface area contributed by atoms with Gasteiger partial charge in [0.25, 0.3) is 5.56 Å². The molecule has 2 aromatic heterocycles. The number of pyridine rings is 1. The van der Waals surface area contributed by atoms with Crippen molar-refractivity contribution in [2.75, 3.05) is 5.32 Å². The lowest BCUT2D eigenvalue weighted by molar-refractivity contribution is -0.116. The van der Waals surface area contributed by atoms with Gasteiger partial charge in [-0.3, -0.25) is 9.59 Å². The molecule has 6 rings (SSSR count). The molecule has 2 N–H and O–H groups in total. The third-order valence-corrected chi connectivity index (χ3v) is 5.75. The van der Waals surface area contributed by atoms with Crippen LogP contribution in [-0.4, -0.2) is 25.9 Å². The van der Waals surface area contributed by atoms with Crippen LogP contribution < -0.4 is 10.9 Å². The molecule has 7 heteroatoms. The third kappa shape index (κ3) is 2.82. The minimum Gasteiger partial charge on any atom is -0.326 e. The Labute approximate surface area is 176 Å². The van der Waals surface area contributed by atoms with Crippen molar-refractivity contribution in [3.05, 3.63) is 94.3 Å². The summed E-state index contributed by atoms with van der Waals surface area (Å²) in [4.78, 5) is 30.0. The fraction of sp³-hybridized carbons (Fsp3) is 0.0833. The highest BCUT2D eigenvalue weighted by molar-refractivity contribution is 6.00. The number of carbonyl (C=O) groups is 1. The molecule has 150 valence electrons. The van der Waals surface area contributed by atoms with Gasteiger partial charge >= 0.3 is 0 Å². The number of aromatic nitrogens is 4. The molecule has 0 fully saturated rings. The standard InChI is InChI=1S/C24H17N5O2/c30-21-13-16(17-12-14-6-4-5-9-18(14)26-24(17)31)22-19(25-21)10-11-20-23(22)28-29(27-20)15-7-2-1-3-8-15/h1-12,16H,13H2,(H,25,30)(H,26,31). The molecule has 1 aliphatic heterocycles. The van der Waals surface area contributed by atoms with Crippen LogP contribution in [0.1, 0.15) is 23.5 Å². The zero-order valence-corrected chi connectivity index (χ0v) is 16.4. The number of carbonyl (C=O) groups excluding carboxylic acids is 1. The van der Waals surface area contributed by atoms with Crippen molar-refractivity contribution in [1.82, 2.24) is 20.0 Å². The third-order valence-electron chi connectivity index (χ3n) is 5.75. The van der Waals surface area contributed by atoms with Crippen LogP contribution in [0.3, 0.4) is 0 Å². The molecule has 0 saturated heterocycles. The lowest BCUT2D eigenvalue weighted by atomic mass is 9.84. The number of fused-ring (bicyclic) bond motifs is 4. The number of para-hydroxylation sites is 2. The number of hydrogen-bond acceptors (Lipinski definition) is 4. The second-order valence-electron chi connectivity index (χ2n) is 7.67. The van der Waals surface area contributed by atoms with Crippen LogP contribution in [-0.2, 0) is 4.79 Å². The van der Waals surface area contributed by atoms with Gasteiger partial charge in [0.15, 0.2) is 0 Å². The average Bonchev–Trinajstić information content (AvgIpc) is 3.23. The first-order valence-electron chi connectivity index (χ1n) is 10.0. The van der Waals surface area contributed by atoms with Crippen molar-refractivity contribution >= 4 is 33.5 Å². The Morgan fingerprint density at radius 3 is 2.58 bits per heavy atom. The Kier molecular flexibility index (Phi) is 3.76. The predicted molar refractivity (Wildman–Crippen MR) is 119 cm³/mol. The normalized spacial score (nSPS) is 15.7. The molecule has 0 aliphatic carbocycles. The van der Waals surface area contributed by atoms with E-state index in [1.54, 1.807) is 4.80 Å². The Morgan fingerprint density at radius 2 is 1.71 bits per heavy atom. The fourth-order valence-electron chi connectivity index (χ4n) is 4.32. The van der Waals surface area contributed by atoms with Crippen molar-refractivity contribution in [3.8, 4) is 5.69 Å². The molecular weight excluding hydrogens is 390 g/mol.